The van der Waals surface area contributed by atoms with Gasteiger partial charge in [-0.1, -0.05) is 6.07 Å². The highest BCUT2D eigenvalue weighted by atomic mass is 16.5. The molecule has 4 nitrogen and oxygen atoms in total. The molecular formula is C16H25NO3. The van der Waals surface area contributed by atoms with Crippen LogP contribution in [-0.2, 0) is 4.74 Å². The minimum atomic E-state index is 0.306. The molecule has 1 saturated heterocycles. The normalized spacial score (nSPS) is 23.6. The zero-order valence-electron chi connectivity index (χ0n) is 12.7. The van der Waals surface area contributed by atoms with Gasteiger partial charge in [0.1, 0.15) is 18.1 Å². The van der Waals surface area contributed by atoms with Crippen molar-refractivity contribution >= 4 is 0 Å². The van der Waals surface area contributed by atoms with E-state index >= 15 is 0 Å². The van der Waals surface area contributed by atoms with Gasteiger partial charge in [0.25, 0.3) is 0 Å². The maximum Gasteiger partial charge on any atom is 0.123 e. The van der Waals surface area contributed by atoms with E-state index in [9.17, 15) is 0 Å². The van der Waals surface area contributed by atoms with Crippen molar-refractivity contribution in [3.63, 3.8) is 0 Å². The first kappa shape index (κ1) is 15.1. The summed E-state index contributed by atoms with van der Waals surface area (Å²) in [5.74, 6) is 1.73. The van der Waals surface area contributed by atoms with E-state index in [1.54, 1.807) is 0 Å². The van der Waals surface area contributed by atoms with E-state index in [0.717, 1.165) is 31.1 Å². The minimum Gasteiger partial charge on any atom is -0.494 e. The summed E-state index contributed by atoms with van der Waals surface area (Å²) in [7, 11) is 0. The number of rotatable bonds is 6. The van der Waals surface area contributed by atoms with Crippen LogP contribution in [0.1, 0.15) is 20.8 Å². The van der Waals surface area contributed by atoms with Crippen LogP contribution in [0.3, 0.4) is 0 Å². The first-order valence-corrected chi connectivity index (χ1v) is 7.41. The highest BCUT2D eigenvalue weighted by Gasteiger charge is 2.21. The van der Waals surface area contributed by atoms with Crippen molar-refractivity contribution in [2.45, 2.75) is 33.0 Å². The Morgan fingerprint density at radius 2 is 1.80 bits per heavy atom. The van der Waals surface area contributed by atoms with E-state index in [0.29, 0.717) is 25.4 Å². The molecule has 0 unspecified atom stereocenters. The number of hydrogen-bond donors (Lipinski definition) is 0. The van der Waals surface area contributed by atoms with Crippen molar-refractivity contribution in [2.75, 3.05) is 32.8 Å². The molecule has 0 N–H and O–H groups in total. The SMILES string of the molecule is CCOc1cccc(OCCN2C[C@H](C)O[C@@H](C)C2)c1. The highest BCUT2D eigenvalue weighted by molar-refractivity contribution is 5.32. The van der Waals surface area contributed by atoms with Crippen molar-refractivity contribution in [1.29, 1.82) is 0 Å². The average molecular weight is 279 g/mol. The van der Waals surface area contributed by atoms with Gasteiger partial charge in [-0.2, -0.15) is 0 Å². The first-order valence-electron chi connectivity index (χ1n) is 7.41. The predicted molar refractivity (Wildman–Crippen MR) is 79.6 cm³/mol. The lowest BCUT2D eigenvalue weighted by atomic mass is 10.2. The lowest BCUT2D eigenvalue weighted by Gasteiger charge is -2.35. The van der Waals surface area contributed by atoms with Gasteiger partial charge in [0.05, 0.1) is 18.8 Å². The van der Waals surface area contributed by atoms with Crippen LogP contribution in [0.4, 0.5) is 0 Å². The Morgan fingerprint density at radius 1 is 1.15 bits per heavy atom. The molecule has 0 radical (unpaired) electrons. The molecule has 1 aromatic rings. The fourth-order valence-corrected chi connectivity index (χ4v) is 2.58. The quantitative estimate of drug-likeness (QED) is 0.801. The van der Waals surface area contributed by atoms with Crippen LogP contribution in [0.2, 0.25) is 0 Å². The smallest absolute Gasteiger partial charge is 0.123 e. The lowest BCUT2D eigenvalue weighted by Crippen LogP contribution is -2.46. The number of benzene rings is 1. The van der Waals surface area contributed by atoms with E-state index in [1.165, 1.54) is 0 Å². The van der Waals surface area contributed by atoms with E-state index < -0.39 is 0 Å². The summed E-state index contributed by atoms with van der Waals surface area (Å²) >= 11 is 0. The molecule has 20 heavy (non-hydrogen) atoms. The summed E-state index contributed by atoms with van der Waals surface area (Å²) in [5.41, 5.74) is 0. The topological polar surface area (TPSA) is 30.9 Å². The molecule has 0 saturated carbocycles. The molecule has 0 aliphatic carbocycles. The Labute approximate surface area is 121 Å². The third-order valence-electron chi connectivity index (χ3n) is 3.29. The summed E-state index contributed by atoms with van der Waals surface area (Å²) in [5, 5.41) is 0. The van der Waals surface area contributed by atoms with E-state index in [-0.39, 0.29) is 0 Å². The minimum absolute atomic E-state index is 0.306. The lowest BCUT2D eigenvalue weighted by molar-refractivity contribution is -0.0699. The Bertz CT molecular complexity index is 400. The Hall–Kier alpha value is -1.26. The second kappa shape index (κ2) is 7.50. The van der Waals surface area contributed by atoms with Crippen molar-refractivity contribution in [2.24, 2.45) is 0 Å². The molecule has 0 bridgehead atoms. The molecule has 2 atom stereocenters. The highest BCUT2D eigenvalue weighted by Crippen LogP contribution is 2.19. The van der Waals surface area contributed by atoms with Crippen LogP contribution < -0.4 is 9.47 Å². The monoisotopic (exact) mass is 279 g/mol. The van der Waals surface area contributed by atoms with Crippen LogP contribution in [0.15, 0.2) is 24.3 Å². The molecule has 0 aromatic heterocycles. The maximum absolute atomic E-state index is 5.80. The molecule has 1 aliphatic rings. The zero-order valence-corrected chi connectivity index (χ0v) is 12.7. The fraction of sp³-hybridized carbons (Fsp3) is 0.625. The van der Waals surface area contributed by atoms with Gasteiger partial charge in [0.15, 0.2) is 0 Å². The van der Waals surface area contributed by atoms with Crippen LogP contribution in [-0.4, -0.2) is 50.0 Å². The van der Waals surface area contributed by atoms with E-state index in [1.807, 2.05) is 31.2 Å². The molecular weight excluding hydrogens is 254 g/mol. The largest absolute Gasteiger partial charge is 0.494 e. The van der Waals surface area contributed by atoms with Gasteiger partial charge < -0.3 is 14.2 Å². The van der Waals surface area contributed by atoms with Gasteiger partial charge in [-0.3, -0.25) is 4.90 Å². The molecule has 1 aromatic carbocycles. The number of morpholine rings is 1. The van der Waals surface area contributed by atoms with Gasteiger partial charge in [-0.15, -0.1) is 0 Å². The third kappa shape index (κ3) is 4.69. The van der Waals surface area contributed by atoms with Gasteiger partial charge in [-0.25, -0.2) is 0 Å². The summed E-state index contributed by atoms with van der Waals surface area (Å²) in [4.78, 5) is 2.39. The molecule has 0 spiro atoms. The second-order valence-corrected chi connectivity index (χ2v) is 5.27. The molecule has 1 fully saturated rings. The first-order chi connectivity index (χ1) is 9.67. The van der Waals surface area contributed by atoms with Gasteiger partial charge in [-0.05, 0) is 32.9 Å². The molecule has 112 valence electrons. The molecule has 4 heteroatoms. The number of hydrogen-bond acceptors (Lipinski definition) is 4. The summed E-state index contributed by atoms with van der Waals surface area (Å²) < 4.78 is 17.0. The molecule has 1 heterocycles. The van der Waals surface area contributed by atoms with Crippen LogP contribution in [0.25, 0.3) is 0 Å². The molecule has 2 rings (SSSR count). The Balaban J connectivity index is 1.76. The standard InChI is InChI=1S/C16H25NO3/c1-4-18-15-6-5-7-16(10-15)19-9-8-17-11-13(2)20-14(3)12-17/h5-7,10,13-14H,4,8-9,11-12H2,1-3H3/t13-,14-/m0/s1. The maximum atomic E-state index is 5.80. The van der Waals surface area contributed by atoms with Gasteiger partial charge >= 0.3 is 0 Å². The Kier molecular flexibility index (Phi) is 5.68. The third-order valence-corrected chi connectivity index (χ3v) is 3.29. The fourth-order valence-electron chi connectivity index (χ4n) is 2.58. The van der Waals surface area contributed by atoms with Crippen molar-refractivity contribution in [1.82, 2.24) is 4.90 Å². The molecule has 0 amide bonds. The van der Waals surface area contributed by atoms with Crippen molar-refractivity contribution in [3.05, 3.63) is 24.3 Å². The zero-order chi connectivity index (χ0) is 14.4. The van der Waals surface area contributed by atoms with Crippen molar-refractivity contribution < 1.29 is 14.2 Å². The predicted octanol–water partition coefficient (Wildman–Crippen LogP) is 2.57. The Morgan fingerprint density at radius 3 is 2.45 bits per heavy atom. The summed E-state index contributed by atoms with van der Waals surface area (Å²) in [6.07, 6.45) is 0.611. The van der Waals surface area contributed by atoms with E-state index in [2.05, 4.69) is 18.7 Å². The second-order valence-electron chi connectivity index (χ2n) is 5.27. The van der Waals surface area contributed by atoms with Gasteiger partial charge in [0.2, 0.25) is 0 Å². The van der Waals surface area contributed by atoms with Crippen molar-refractivity contribution in [3.8, 4) is 11.5 Å². The van der Waals surface area contributed by atoms with Crippen LogP contribution >= 0.6 is 0 Å². The van der Waals surface area contributed by atoms with Gasteiger partial charge in [0, 0.05) is 25.7 Å². The van der Waals surface area contributed by atoms with E-state index in [4.69, 9.17) is 14.2 Å². The number of nitrogens with zero attached hydrogens (tertiary/aromatic N) is 1. The number of ether oxygens (including phenoxy) is 3. The van der Waals surface area contributed by atoms with Crippen LogP contribution in [0, 0.1) is 0 Å². The molecule has 1 aliphatic heterocycles. The average Bonchev–Trinajstić information content (AvgIpc) is 2.38. The summed E-state index contributed by atoms with van der Waals surface area (Å²) in [6, 6.07) is 7.81. The summed E-state index contributed by atoms with van der Waals surface area (Å²) in [6.45, 7) is 10.5. The van der Waals surface area contributed by atoms with Crippen LogP contribution in [0.5, 0.6) is 11.5 Å².